The molecular weight excluding hydrogens is 212 g/mol. The first-order valence-corrected chi connectivity index (χ1v) is 5.98. The number of aryl methyl sites for hydroxylation is 1. The zero-order chi connectivity index (χ0) is 12.7. The van der Waals surface area contributed by atoms with Gasteiger partial charge in [-0.25, -0.2) is 4.79 Å². The fraction of sp³-hybridized carbons (Fsp3) is 0.500. The molecule has 0 aromatic heterocycles. The Labute approximate surface area is 103 Å². The van der Waals surface area contributed by atoms with Crippen LogP contribution in [0.1, 0.15) is 28.3 Å². The third-order valence-electron chi connectivity index (χ3n) is 4.00. The molecule has 3 heteroatoms. The van der Waals surface area contributed by atoms with Crippen LogP contribution in [0.3, 0.4) is 0 Å². The normalized spacial score (nSPS) is 20.3. The highest BCUT2D eigenvalue weighted by molar-refractivity contribution is 5.77. The van der Waals surface area contributed by atoms with Crippen molar-refractivity contribution in [3.05, 3.63) is 34.4 Å². The quantitative estimate of drug-likeness (QED) is 0.730. The van der Waals surface area contributed by atoms with E-state index in [4.69, 9.17) is 0 Å². The van der Waals surface area contributed by atoms with Crippen molar-refractivity contribution >= 4 is 6.03 Å². The molecule has 92 valence electrons. The Morgan fingerprint density at radius 1 is 1.12 bits per heavy atom. The third kappa shape index (κ3) is 1.79. The number of urea groups is 1. The molecule has 3 nitrogen and oxygen atoms in total. The van der Waals surface area contributed by atoms with Gasteiger partial charge in [0, 0.05) is 20.6 Å². The number of nitrogens with zero attached hydrogens (tertiary/aromatic N) is 2. The topological polar surface area (TPSA) is 23.6 Å². The minimum absolute atomic E-state index is 0.104. The van der Waals surface area contributed by atoms with Gasteiger partial charge in [0.05, 0.1) is 6.04 Å². The van der Waals surface area contributed by atoms with E-state index in [0.29, 0.717) is 0 Å². The summed E-state index contributed by atoms with van der Waals surface area (Å²) >= 11 is 0. The van der Waals surface area contributed by atoms with E-state index in [-0.39, 0.29) is 12.1 Å². The van der Waals surface area contributed by atoms with Crippen molar-refractivity contribution in [2.75, 3.05) is 20.6 Å². The maximum absolute atomic E-state index is 11.8. The molecule has 0 saturated carbocycles. The highest BCUT2D eigenvalue weighted by Crippen LogP contribution is 2.31. The molecule has 0 spiro atoms. The molecule has 0 bridgehead atoms. The lowest BCUT2D eigenvalue weighted by Gasteiger charge is -2.21. The van der Waals surface area contributed by atoms with Gasteiger partial charge in [0.2, 0.25) is 0 Å². The van der Waals surface area contributed by atoms with E-state index in [1.165, 1.54) is 22.3 Å². The Balaban J connectivity index is 2.42. The number of rotatable bonds is 1. The van der Waals surface area contributed by atoms with Crippen molar-refractivity contribution in [1.82, 2.24) is 9.80 Å². The summed E-state index contributed by atoms with van der Waals surface area (Å²) in [6.45, 7) is 7.20. The summed E-state index contributed by atoms with van der Waals surface area (Å²) in [5.74, 6) is 0. The zero-order valence-corrected chi connectivity index (χ0v) is 11.2. The molecule has 17 heavy (non-hydrogen) atoms. The van der Waals surface area contributed by atoms with Crippen LogP contribution >= 0.6 is 0 Å². The van der Waals surface area contributed by atoms with Crippen molar-refractivity contribution in [2.45, 2.75) is 26.8 Å². The molecule has 2 amide bonds. The summed E-state index contributed by atoms with van der Waals surface area (Å²) in [7, 11) is 3.74. The van der Waals surface area contributed by atoms with Gasteiger partial charge >= 0.3 is 6.03 Å². The van der Waals surface area contributed by atoms with E-state index in [9.17, 15) is 4.79 Å². The standard InChI is InChI=1S/C14H20N2O/c1-9-6-7-12(11(3)10(9)2)13-8-15(4)14(17)16(13)5/h6-7,13H,8H2,1-5H3. The van der Waals surface area contributed by atoms with Gasteiger partial charge in [-0.2, -0.15) is 0 Å². The molecule has 2 rings (SSSR count). The third-order valence-corrected chi connectivity index (χ3v) is 4.00. The zero-order valence-electron chi connectivity index (χ0n) is 11.2. The Hall–Kier alpha value is -1.51. The van der Waals surface area contributed by atoms with Crippen molar-refractivity contribution in [3.63, 3.8) is 0 Å². The van der Waals surface area contributed by atoms with Gasteiger partial charge < -0.3 is 9.80 Å². The molecule has 0 N–H and O–H groups in total. The van der Waals surface area contributed by atoms with Crippen LogP contribution in [0.5, 0.6) is 0 Å². The molecule has 1 unspecified atom stereocenters. The molecule has 1 fully saturated rings. The smallest absolute Gasteiger partial charge is 0.320 e. The van der Waals surface area contributed by atoms with Crippen molar-refractivity contribution in [1.29, 1.82) is 0 Å². The van der Waals surface area contributed by atoms with Gasteiger partial charge in [0.25, 0.3) is 0 Å². The highest BCUT2D eigenvalue weighted by atomic mass is 16.2. The van der Waals surface area contributed by atoms with Gasteiger partial charge in [0.15, 0.2) is 0 Å². The van der Waals surface area contributed by atoms with Crippen LogP contribution in [0.15, 0.2) is 12.1 Å². The van der Waals surface area contributed by atoms with Crippen LogP contribution in [0.2, 0.25) is 0 Å². The fourth-order valence-corrected chi connectivity index (χ4v) is 2.51. The van der Waals surface area contributed by atoms with Crippen molar-refractivity contribution in [3.8, 4) is 0 Å². The largest absolute Gasteiger partial charge is 0.325 e. The van der Waals surface area contributed by atoms with E-state index in [0.717, 1.165) is 6.54 Å². The second-order valence-electron chi connectivity index (χ2n) is 5.01. The molecular formula is C14H20N2O. The average Bonchev–Trinajstić information content (AvgIpc) is 2.54. The molecule has 1 aromatic carbocycles. The highest BCUT2D eigenvalue weighted by Gasteiger charge is 2.34. The Kier molecular flexibility index (Phi) is 2.86. The summed E-state index contributed by atoms with van der Waals surface area (Å²) in [5.41, 5.74) is 5.22. The first kappa shape index (κ1) is 12.0. The summed E-state index contributed by atoms with van der Waals surface area (Å²) in [4.78, 5) is 15.4. The molecule has 1 aromatic rings. The van der Waals surface area contributed by atoms with E-state index in [2.05, 4.69) is 32.9 Å². The Morgan fingerprint density at radius 2 is 1.76 bits per heavy atom. The van der Waals surface area contributed by atoms with Crippen LogP contribution in [-0.4, -0.2) is 36.5 Å². The first-order valence-electron chi connectivity index (χ1n) is 5.98. The maximum atomic E-state index is 11.8. The number of amides is 2. The number of hydrogen-bond acceptors (Lipinski definition) is 1. The lowest BCUT2D eigenvalue weighted by Crippen LogP contribution is -2.26. The van der Waals surface area contributed by atoms with Crippen LogP contribution in [-0.2, 0) is 0 Å². The van der Waals surface area contributed by atoms with Crippen molar-refractivity contribution < 1.29 is 4.79 Å². The molecule has 1 aliphatic heterocycles. The summed E-state index contributed by atoms with van der Waals surface area (Å²) in [6.07, 6.45) is 0. The van der Waals surface area contributed by atoms with E-state index in [1.54, 1.807) is 4.90 Å². The van der Waals surface area contributed by atoms with Gasteiger partial charge in [-0.3, -0.25) is 0 Å². The summed E-state index contributed by atoms with van der Waals surface area (Å²) in [5, 5.41) is 0. The molecule has 1 atom stereocenters. The number of benzene rings is 1. The fourth-order valence-electron chi connectivity index (χ4n) is 2.51. The van der Waals surface area contributed by atoms with Gasteiger partial charge in [-0.1, -0.05) is 12.1 Å². The Bertz CT molecular complexity index is 468. The number of carbonyl (C=O) groups is 1. The first-order chi connectivity index (χ1) is 7.93. The van der Waals surface area contributed by atoms with Crippen LogP contribution < -0.4 is 0 Å². The van der Waals surface area contributed by atoms with Crippen LogP contribution in [0.4, 0.5) is 4.79 Å². The predicted molar refractivity (Wildman–Crippen MR) is 69.2 cm³/mol. The van der Waals surface area contributed by atoms with Crippen molar-refractivity contribution in [2.24, 2.45) is 0 Å². The minimum Gasteiger partial charge on any atom is -0.325 e. The number of hydrogen-bond donors (Lipinski definition) is 0. The maximum Gasteiger partial charge on any atom is 0.320 e. The van der Waals surface area contributed by atoms with Gasteiger partial charge in [-0.15, -0.1) is 0 Å². The van der Waals surface area contributed by atoms with Gasteiger partial charge in [-0.05, 0) is 43.0 Å². The molecule has 1 heterocycles. The minimum atomic E-state index is 0.104. The number of likely N-dealkylation sites (N-methyl/N-ethyl adjacent to an activating group) is 2. The predicted octanol–water partition coefficient (Wildman–Crippen LogP) is 2.65. The molecule has 0 radical (unpaired) electrons. The van der Waals surface area contributed by atoms with E-state index < -0.39 is 0 Å². The van der Waals surface area contributed by atoms with Crippen LogP contribution in [0.25, 0.3) is 0 Å². The molecule has 1 aliphatic rings. The second kappa shape index (κ2) is 4.06. The summed E-state index contributed by atoms with van der Waals surface area (Å²) < 4.78 is 0. The molecule has 1 saturated heterocycles. The second-order valence-corrected chi connectivity index (χ2v) is 5.01. The molecule has 0 aliphatic carbocycles. The van der Waals surface area contributed by atoms with E-state index in [1.807, 2.05) is 19.0 Å². The van der Waals surface area contributed by atoms with E-state index >= 15 is 0 Å². The van der Waals surface area contributed by atoms with Gasteiger partial charge in [0.1, 0.15) is 0 Å². The number of carbonyl (C=O) groups excluding carboxylic acids is 1. The summed E-state index contributed by atoms with van der Waals surface area (Å²) in [6, 6.07) is 4.60. The lowest BCUT2D eigenvalue weighted by molar-refractivity contribution is 0.201. The monoisotopic (exact) mass is 232 g/mol. The van der Waals surface area contributed by atoms with Crippen LogP contribution in [0, 0.1) is 20.8 Å². The lowest BCUT2D eigenvalue weighted by atomic mass is 9.94. The SMILES string of the molecule is Cc1ccc(C2CN(C)C(=O)N2C)c(C)c1C. The average molecular weight is 232 g/mol. The Morgan fingerprint density at radius 3 is 2.29 bits per heavy atom.